The average molecular weight is 570 g/mol. The monoisotopic (exact) mass is 569 g/mol. The summed E-state index contributed by atoms with van der Waals surface area (Å²) in [5, 5.41) is 5.32. The predicted molar refractivity (Wildman–Crippen MR) is 157 cm³/mol. The minimum absolute atomic E-state index is 0.0935. The Balaban J connectivity index is 1.67. The molecule has 3 aromatic rings. The molecule has 1 atom stereocenters. The van der Waals surface area contributed by atoms with Gasteiger partial charge in [0.05, 0.1) is 11.9 Å². The van der Waals surface area contributed by atoms with Crippen LogP contribution in [0.3, 0.4) is 0 Å². The van der Waals surface area contributed by atoms with Crippen LogP contribution in [0.15, 0.2) is 66.7 Å². The summed E-state index contributed by atoms with van der Waals surface area (Å²) in [4.78, 5) is 29.0. The van der Waals surface area contributed by atoms with E-state index in [1.165, 1.54) is 11.3 Å². The van der Waals surface area contributed by atoms with E-state index in [2.05, 4.69) is 5.32 Å². The molecule has 0 radical (unpaired) electrons. The van der Waals surface area contributed by atoms with Gasteiger partial charge in [0.1, 0.15) is 12.6 Å². The van der Waals surface area contributed by atoms with Gasteiger partial charge in [-0.3, -0.25) is 13.9 Å². The Labute approximate surface area is 236 Å². The van der Waals surface area contributed by atoms with E-state index in [-0.39, 0.29) is 18.5 Å². The Morgan fingerprint density at radius 2 is 1.64 bits per heavy atom. The Morgan fingerprint density at radius 1 is 0.974 bits per heavy atom. The largest absolute Gasteiger partial charge is 0.352 e. The molecule has 208 valence electrons. The van der Waals surface area contributed by atoms with E-state index in [0.717, 1.165) is 52.6 Å². The van der Waals surface area contributed by atoms with E-state index in [1.807, 2.05) is 49.4 Å². The van der Waals surface area contributed by atoms with Crippen LogP contribution in [0, 0.1) is 0 Å². The minimum Gasteiger partial charge on any atom is -0.352 e. The smallest absolute Gasteiger partial charge is 0.244 e. The van der Waals surface area contributed by atoms with Crippen LogP contribution in [0.5, 0.6) is 0 Å². The standard InChI is InChI=1S/C30H36ClN3O4S/c1-3-27(30(36)32-25-12-5-4-6-13-25)33(20-22-16-18-24(31)19-17-22)29(35)21-34(39(2,37)38)28-15-9-11-23-10-7-8-14-26(23)28/h7-11,14-19,25,27H,3-6,12-13,20-21H2,1-2H3,(H,32,36). The normalized spacial score (nSPS) is 15.1. The van der Waals surface area contributed by atoms with Crippen LogP contribution in [0.25, 0.3) is 10.8 Å². The van der Waals surface area contributed by atoms with Crippen LogP contribution < -0.4 is 9.62 Å². The van der Waals surface area contributed by atoms with Gasteiger partial charge in [0, 0.05) is 23.0 Å². The third-order valence-electron chi connectivity index (χ3n) is 7.32. The molecule has 7 nitrogen and oxygen atoms in total. The van der Waals surface area contributed by atoms with Crippen LogP contribution in [0.1, 0.15) is 51.0 Å². The molecule has 0 aliphatic heterocycles. The molecule has 0 heterocycles. The number of halogens is 1. The van der Waals surface area contributed by atoms with E-state index < -0.39 is 28.5 Å². The quantitative estimate of drug-likeness (QED) is 0.348. The summed E-state index contributed by atoms with van der Waals surface area (Å²) in [5.74, 6) is -0.656. The zero-order valence-corrected chi connectivity index (χ0v) is 24.0. The number of carbonyl (C=O) groups is 2. The lowest BCUT2D eigenvalue weighted by atomic mass is 9.95. The molecule has 0 aromatic heterocycles. The van der Waals surface area contributed by atoms with Gasteiger partial charge in [0.25, 0.3) is 0 Å². The van der Waals surface area contributed by atoms with E-state index in [1.54, 1.807) is 24.3 Å². The molecule has 1 fully saturated rings. The Kier molecular flexibility index (Phi) is 9.51. The zero-order chi connectivity index (χ0) is 28.0. The number of anilines is 1. The maximum absolute atomic E-state index is 14.0. The van der Waals surface area contributed by atoms with Gasteiger partial charge >= 0.3 is 0 Å². The molecule has 1 aliphatic carbocycles. The highest BCUT2D eigenvalue weighted by Gasteiger charge is 2.33. The predicted octanol–water partition coefficient (Wildman–Crippen LogP) is 5.52. The van der Waals surface area contributed by atoms with Crippen LogP contribution in [0.2, 0.25) is 5.02 Å². The Bertz CT molecular complexity index is 1400. The summed E-state index contributed by atoms with van der Waals surface area (Å²) in [6.45, 7) is 1.60. The van der Waals surface area contributed by atoms with Crippen molar-refractivity contribution in [2.75, 3.05) is 17.1 Å². The molecule has 4 rings (SSSR count). The lowest BCUT2D eigenvalue weighted by Crippen LogP contribution is -2.54. The van der Waals surface area contributed by atoms with Crippen molar-refractivity contribution in [2.24, 2.45) is 0 Å². The summed E-state index contributed by atoms with van der Waals surface area (Å²) >= 11 is 6.08. The number of fused-ring (bicyclic) bond motifs is 1. The number of carbonyl (C=O) groups excluding carboxylic acids is 2. The maximum atomic E-state index is 14.0. The van der Waals surface area contributed by atoms with Crippen molar-refractivity contribution in [3.05, 3.63) is 77.3 Å². The van der Waals surface area contributed by atoms with Gasteiger partial charge in [-0.25, -0.2) is 8.42 Å². The summed E-state index contributed by atoms with van der Waals surface area (Å²) in [6.07, 6.45) is 6.66. The fourth-order valence-electron chi connectivity index (χ4n) is 5.27. The molecule has 0 saturated heterocycles. The van der Waals surface area contributed by atoms with Gasteiger partial charge in [0.2, 0.25) is 21.8 Å². The Morgan fingerprint density at radius 3 is 2.31 bits per heavy atom. The van der Waals surface area contributed by atoms with Crippen molar-refractivity contribution < 1.29 is 18.0 Å². The lowest BCUT2D eigenvalue weighted by Gasteiger charge is -2.34. The second-order valence-electron chi connectivity index (χ2n) is 10.2. The fraction of sp³-hybridized carbons (Fsp3) is 0.400. The van der Waals surface area contributed by atoms with Crippen molar-refractivity contribution in [1.29, 1.82) is 0 Å². The topological polar surface area (TPSA) is 86.8 Å². The van der Waals surface area contributed by atoms with Crippen LogP contribution in [-0.2, 0) is 26.2 Å². The average Bonchev–Trinajstić information content (AvgIpc) is 2.92. The third-order valence-corrected chi connectivity index (χ3v) is 8.70. The van der Waals surface area contributed by atoms with E-state index in [0.29, 0.717) is 17.1 Å². The molecule has 2 amide bonds. The summed E-state index contributed by atoms with van der Waals surface area (Å²) in [6, 6.07) is 19.3. The van der Waals surface area contributed by atoms with Crippen molar-refractivity contribution in [3.8, 4) is 0 Å². The first-order chi connectivity index (χ1) is 18.7. The van der Waals surface area contributed by atoms with Gasteiger partial charge in [-0.1, -0.05) is 86.3 Å². The van der Waals surface area contributed by atoms with Gasteiger partial charge in [0.15, 0.2) is 0 Å². The van der Waals surface area contributed by atoms with Crippen molar-refractivity contribution >= 4 is 49.9 Å². The zero-order valence-electron chi connectivity index (χ0n) is 22.5. The van der Waals surface area contributed by atoms with Crippen LogP contribution in [0.4, 0.5) is 5.69 Å². The van der Waals surface area contributed by atoms with Gasteiger partial charge in [-0.2, -0.15) is 0 Å². The second kappa shape index (κ2) is 12.8. The molecule has 1 saturated carbocycles. The first-order valence-electron chi connectivity index (χ1n) is 13.5. The molecule has 1 N–H and O–H groups in total. The van der Waals surface area contributed by atoms with E-state index in [9.17, 15) is 18.0 Å². The molecule has 39 heavy (non-hydrogen) atoms. The summed E-state index contributed by atoms with van der Waals surface area (Å²) < 4.78 is 27.2. The lowest BCUT2D eigenvalue weighted by molar-refractivity contribution is -0.140. The number of rotatable bonds is 10. The first-order valence-corrected chi connectivity index (χ1v) is 15.7. The molecule has 9 heteroatoms. The Hall–Kier alpha value is -3.10. The van der Waals surface area contributed by atoms with E-state index >= 15 is 0 Å². The molecular formula is C30H36ClN3O4S. The van der Waals surface area contributed by atoms with Gasteiger partial charge in [-0.15, -0.1) is 0 Å². The molecule has 1 unspecified atom stereocenters. The third kappa shape index (κ3) is 7.31. The first kappa shape index (κ1) is 28.9. The highest BCUT2D eigenvalue weighted by molar-refractivity contribution is 7.92. The molecule has 0 spiro atoms. The van der Waals surface area contributed by atoms with Crippen molar-refractivity contribution in [2.45, 2.75) is 64.1 Å². The number of hydrogen-bond acceptors (Lipinski definition) is 4. The van der Waals surface area contributed by atoms with Crippen LogP contribution in [-0.4, -0.2) is 50.0 Å². The van der Waals surface area contributed by atoms with Crippen molar-refractivity contribution in [1.82, 2.24) is 10.2 Å². The van der Waals surface area contributed by atoms with Crippen LogP contribution >= 0.6 is 11.6 Å². The highest BCUT2D eigenvalue weighted by Crippen LogP contribution is 2.29. The number of benzene rings is 3. The molecule has 1 aliphatic rings. The van der Waals surface area contributed by atoms with Gasteiger partial charge < -0.3 is 10.2 Å². The highest BCUT2D eigenvalue weighted by atomic mass is 35.5. The molecular weight excluding hydrogens is 534 g/mol. The fourth-order valence-corrected chi connectivity index (χ4v) is 6.26. The maximum Gasteiger partial charge on any atom is 0.244 e. The minimum atomic E-state index is -3.82. The second-order valence-corrected chi connectivity index (χ2v) is 12.5. The van der Waals surface area contributed by atoms with Crippen molar-refractivity contribution in [3.63, 3.8) is 0 Å². The SMILES string of the molecule is CCC(C(=O)NC1CCCCC1)N(Cc1ccc(Cl)cc1)C(=O)CN(c1cccc2ccccc12)S(C)(=O)=O. The number of nitrogens with one attached hydrogen (secondary N) is 1. The number of sulfonamides is 1. The summed E-state index contributed by atoms with van der Waals surface area (Å²) in [5.41, 5.74) is 1.22. The van der Waals surface area contributed by atoms with Gasteiger partial charge in [-0.05, 0) is 48.4 Å². The number of nitrogens with zero attached hydrogens (tertiary/aromatic N) is 2. The number of amides is 2. The van der Waals surface area contributed by atoms with E-state index in [4.69, 9.17) is 11.6 Å². The number of hydrogen-bond donors (Lipinski definition) is 1. The summed E-state index contributed by atoms with van der Waals surface area (Å²) in [7, 11) is -3.82. The molecule has 3 aromatic carbocycles. The molecule has 0 bridgehead atoms.